The molecule has 0 spiro atoms. The van der Waals surface area contributed by atoms with Gasteiger partial charge in [0.25, 0.3) is 0 Å². The minimum absolute atomic E-state index is 0.0994. The molecule has 3 aromatic carbocycles. The molecule has 128 valence electrons. The molecule has 0 fully saturated rings. The Kier molecular flexibility index (Phi) is 4.39. The van der Waals surface area contributed by atoms with E-state index < -0.39 is 0 Å². The van der Waals surface area contributed by atoms with Gasteiger partial charge in [-0.3, -0.25) is 4.79 Å². The monoisotopic (exact) mass is 344 g/mol. The summed E-state index contributed by atoms with van der Waals surface area (Å²) in [5, 5.41) is 0. The number of rotatable bonds is 5. The highest BCUT2D eigenvalue weighted by atomic mass is 16.7. The fourth-order valence-electron chi connectivity index (χ4n) is 2.62. The van der Waals surface area contributed by atoms with Crippen LogP contribution in [-0.2, 0) is 0 Å². The quantitative estimate of drug-likeness (QED) is 0.477. The average Bonchev–Trinajstić information content (AvgIpc) is 3.15. The summed E-state index contributed by atoms with van der Waals surface area (Å²) in [7, 11) is 0. The lowest BCUT2D eigenvalue weighted by Gasteiger charge is -2.06. The fourth-order valence-corrected chi connectivity index (χ4v) is 2.62. The van der Waals surface area contributed by atoms with E-state index in [1.165, 1.54) is 0 Å². The van der Waals surface area contributed by atoms with Gasteiger partial charge in [0.15, 0.2) is 17.3 Å². The van der Waals surface area contributed by atoms with Crippen molar-refractivity contribution >= 4 is 11.9 Å². The van der Waals surface area contributed by atoms with Crippen LogP contribution in [0.25, 0.3) is 6.08 Å². The molecular formula is C22H16O4. The molecule has 0 aromatic heterocycles. The fraction of sp³-hybridized carbons (Fsp3) is 0.0455. The van der Waals surface area contributed by atoms with E-state index in [1.54, 1.807) is 30.4 Å². The number of carbonyl (C=O) groups excluding carboxylic acids is 1. The third-order valence-electron chi connectivity index (χ3n) is 3.92. The predicted molar refractivity (Wildman–Crippen MR) is 98.9 cm³/mol. The van der Waals surface area contributed by atoms with Gasteiger partial charge in [0, 0.05) is 5.56 Å². The molecular weight excluding hydrogens is 328 g/mol. The van der Waals surface area contributed by atoms with Gasteiger partial charge >= 0.3 is 0 Å². The molecule has 1 aliphatic heterocycles. The highest BCUT2D eigenvalue weighted by Crippen LogP contribution is 2.32. The summed E-state index contributed by atoms with van der Waals surface area (Å²) in [6.45, 7) is 0.191. The summed E-state index contributed by atoms with van der Waals surface area (Å²) >= 11 is 0. The number of ketones is 1. The van der Waals surface area contributed by atoms with Gasteiger partial charge in [0.05, 0.1) is 0 Å². The van der Waals surface area contributed by atoms with Gasteiger partial charge in [-0.2, -0.15) is 0 Å². The van der Waals surface area contributed by atoms with Crippen LogP contribution in [0.2, 0.25) is 0 Å². The van der Waals surface area contributed by atoms with Gasteiger partial charge in [-0.25, -0.2) is 0 Å². The maximum atomic E-state index is 12.4. The Balaban J connectivity index is 1.48. The van der Waals surface area contributed by atoms with Crippen molar-refractivity contribution in [2.75, 3.05) is 6.79 Å². The molecule has 4 rings (SSSR count). The van der Waals surface area contributed by atoms with Gasteiger partial charge in [0.2, 0.25) is 6.79 Å². The summed E-state index contributed by atoms with van der Waals surface area (Å²) in [6.07, 6.45) is 3.31. The number of benzene rings is 3. The second-order valence-corrected chi connectivity index (χ2v) is 5.75. The lowest BCUT2D eigenvalue weighted by Crippen LogP contribution is -1.94. The Morgan fingerprint density at radius 3 is 2.54 bits per heavy atom. The molecule has 0 bridgehead atoms. The topological polar surface area (TPSA) is 44.8 Å². The number of carbonyl (C=O) groups is 1. The molecule has 0 atom stereocenters. The van der Waals surface area contributed by atoms with Crippen LogP contribution in [0.1, 0.15) is 15.9 Å². The first-order chi connectivity index (χ1) is 12.8. The van der Waals surface area contributed by atoms with Crippen LogP contribution in [0.5, 0.6) is 23.0 Å². The van der Waals surface area contributed by atoms with Gasteiger partial charge in [-0.15, -0.1) is 0 Å². The molecule has 26 heavy (non-hydrogen) atoms. The predicted octanol–water partition coefficient (Wildman–Crippen LogP) is 5.10. The lowest BCUT2D eigenvalue weighted by molar-refractivity contribution is 0.104. The zero-order valence-corrected chi connectivity index (χ0v) is 13.9. The number of allylic oxidation sites excluding steroid dienone is 1. The molecule has 0 aliphatic carbocycles. The first kappa shape index (κ1) is 16.0. The summed E-state index contributed by atoms with van der Waals surface area (Å²) < 4.78 is 16.4. The number of hydrogen-bond donors (Lipinski definition) is 0. The van der Waals surface area contributed by atoms with Crippen molar-refractivity contribution in [2.24, 2.45) is 0 Å². The second kappa shape index (κ2) is 7.15. The van der Waals surface area contributed by atoms with E-state index >= 15 is 0 Å². The molecule has 4 heteroatoms. The maximum absolute atomic E-state index is 12.4. The van der Waals surface area contributed by atoms with Crippen molar-refractivity contribution in [2.45, 2.75) is 0 Å². The molecule has 1 aliphatic rings. The van der Waals surface area contributed by atoms with E-state index in [0.717, 1.165) is 11.3 Å². The number of ether oxygens (including phenoxy) is 3. The Labute approximate surface area is 151 Å². The Morgan fingerprint density at radius 1 is 0.846 bits per heavy atom. The van der Waals surface area contributed by atoms with Crippen molar-refractivity contribution in [3.8, 4) is 23.0 Å². The summed E-state index contributed by atoms with van der Waals surface area (Å²) in [4.78, 5) is 12.4. The molecule has 4 nitrogen and oxygen atoms in total. The minimum atomic E-state index is -0.0994. The number of hydrogen-bond acceptors (Lipinski definition) is 4. The van der Waals surface area contributed by atoms with Crippen molar-refractivity contribution in [3.63, 3.8) is 0 Å². The Bertz CT molecular complexity index is 961. The summed E-state index contributed by atoms with van der Waals surface area (Å²) in [5.74, 6) is 2.65. The van der Waals surface area contributed by atoms with Crippen LogP contribution in [0.15, 0.2) is 78.9 Å². The van der Waals surface area contributed by atoms with E-state index in [1.807, 2.05) is 54.6 Å². The average molecular weight is 344 g/mol. The van der Waals surface area contributed by atoms with Crippen LogP contribution in [-0.4, -0.2) is 12.6 Å². The summed E-state index contributed by atoms with van der Waals surface area (Å²) in [5.41, 5.74) is 1.44. The zero-order valence-electron chi connectivity index (χ0n) is 13.9. The third kappa shape index (κ3) is 3.59. The van der Waals surface area contributed by atoms with Gasteiger partial charge < -0.3 is 14.2 Å². The lowest BCUT2D eigenvalue weighted by atomic mass is 10.1. The van der Waals surface area contributed by atoms with E-state index in [2.05, 4.69) is 0 Å². The van der Waals surface area contributed by atoms with Gasteiger partial charge in [-0.05, 0) is 54.1 Å². The molecule has 0 saturated carbocycles. The minimum Gasteiger partial charge on any atom is -0.457 e. The third-order valence-corrected chi connectivity index (χ3v) is 3.92. The summed E-state index contributed by atoms with van der Waals surface area (Å²) in [6, 6.07) is 22.3. The second-order valence-electron chi connectivity index (χ2n) is 5.75. The molecule has 0 radical (unpaired) electrons. The van der Waals surface area contributed by atoms with Gasteiger partial charge in [0.1, 0.15) is 11.5 Å². The molecule has 3 aromatic rings. The van der Waals surface area contributed by atoms with Crippen LogP contribution < -0.4 is 14.2 Å². The van der Waals surface area contributed by atoms with Crippen LogP contribution in [0.3, 0.4) is 0 Å². The SMILES string of the molecule is O=C(/C=C/c1cccc(Oc2ccccc2)c1)c1ccc2c(c1)OCO2. The highest BCUT2D eigenvalue weighted by molar-refractivity contribution is 6.07. The first-order valence-electron chi connectivity index (χ1n) is 8.23. The normalized spacial score (nSPS) is 12.3. The standard InChI is InChI=1S/C22H16O4/c23-20(17-10-12-21-22(14-17)25-15-24-21)11-9-16-5-4-8-19(13-16)26-18-6-2-1-3-7-18/h1-14H,15H2/b11-9+. The highest BCUT2D eigenvalue weighted by Gasteiger charge is 2.15. The molecule has 1 heterocycles. The Morgan fingerprint density at radius 2 is 1.65 bits per heavy atom. The van der Waals surface area contributed by atoms with E-state index in [4.69, 9.17) is 14.2 Å². The van der Waals surface area contributed by atoms with E-state index in [-0.39, 0.29) is 12.6 Å². The molecule has 0 N–H and O–H groups in total. The number of fused-ring (bicyclic) bond motifs is 1. The van der Waals surface area contributed by atoms with Crippen LogP contribution in [0.4, 0.5) is 0 Å². The maximum Gasteiger partial charge on any atom is 0.231 e. The smallest absolute Gasteiger partial charge is 0.231 e. The largest absolute Gasteiger partial charge is 0.457 e. The van der Waals surface area contributed by atoms with Crippen molar-refractivity contribution < 1.29 is 19.0 Å². The van der Waals surface area contributed by atoms with Gasteiger partial charge in [-0.1, -0.05) is 36.4 Å². The van der Waals surface area contributed by atoms with E-state index in [0.29, 0.717) is 22.8 Å². The molecule has 0 saturated heterocycles. The van der Waals surface area contributed by atoms with Crippen molar-refractivity contribution in [1.82, 2.24) is 0 Å². The van der Waals surface area contributed by atoms with E-state index in [9.17, 15) is 4.79 Å². The number of para-hydroxylation sites is 1. The molecule has 0 unspecified atom stereocenters. The zero-order chi connectivity index (χ0) is 17.8. The van der Waals surface area contributed by atoms with Crippen LogP contribution >= 0.6 is 0 Å². The van der Waals surface area contributed by atoms with Crippen molar-refractivity contribution in [1.29, 1.82) is 0 Å². The van der Waals surface area contributed by atoms with Crippen LogP contribution in [0, 0.1) is 0 Å². The Hall–Kier alpha value is -3.53. The molecule has 0 amide bonds. The first-order valence-corrected chi connectivity index (χ1v) is 8.23. The van der Waals surface area contributed by atoms with Crippen molar-refractivity contribution in [3.05, 3.63) is 90.0 Å².